The molecule has 0 aliphatic rings. The van der Waals surface area contributed by atoms with Gasteiger partial charge in [-0.1, -0.05) is 12.1 Å². The van der Waals surface area contributed by atoms with Gasteiger partial charge in [0.15, 0.2) is 0 Å². The Balaban J connectivity index is 1.92. The maximum atomic E-state index is 13.0. The van der Waals surface area contributed by atoms with Crippen LogP contribution in [0.15, 0.2) is 59.6 Å². The minimum absolute atomic E-state index is 0.269. The van der Waals surface area contributed by atoms with E-state index in [1.807, 2.05) is 0 Å². The van der Waals surface area contributed by atoms with E-state index in [-0.39, 0.29) is 10.7 Å². The number of carbonyl (C=O) groups is 1. The van der Waals surface area contributed by atoms with Crippen LogP contribution >= 0.6 is 0 Å². The van der Waals surface area contributed by atoms with Crippen molar-refractivity contribution < 1.29 is 22.2 Å². The van der Waals surface area contributed by atoms with E-state index >= 15 is 0 Å². The minimum Gasteiger partial charge on any atom is -0.314 e. The minimum atomic E-state index is -4.27. The zero-order valence-corrected chi connectivity index (χ0v) is 12.5. The van der Waals surface area contributed by atoms with Crippen molar-refractivity contribution >= 4 is 27.9 Å². The third kappa shape index (κ3) is 5.20. The van der Waals surface area contributed by atoms with Gasteiger partial charge in [0.25, 0.3) is 10.1 Å². The molecule has 3 N–H and O–H groups in total. The largest absolute Gasteiger partial charge is 0.323 e. The molecule has 8 heteroatoms. The number of carbonyl (C=O) groups excluding carboxylic acids is 1. The average molecular weight is 336 g/mol. The molecule has 0 heterocycles. The van der Waals surface area contributed by atoms with Gasteiger partial charge in [-0.3, -0.25) is 4.55 Å². The summed E-state index contributed by atoms with van der Waals surface area (Å²) in [4.78, 5) is 11.4. The van der Waals surface area contributed by atoms with Crippen molar-refractivity contribution in [1.29, 1.82) is 0 Å². The summed E-state index contributed by atoms with van der Waals surface area (Å²) in [6, 6.07) is 10.3. The molecular weight excluding hydrogens is 323 g/mol. The third-order valence-corrected chi connectivity index (χ3v) is 3.62. The molecule has 6 nitrogen and oxygen atoms in total. The van der Waals surface area contributed by atoms with E-state index in [0.717, 1.165) is 12.1 Å². The molecule has 0 aliphatic heterocycles. The van der Waals surface area contributed by atoms with E-state index in [1.165, 1.54) is 36.5 Å². The van der Waals surface area contributed by atoms with Gasteiger partial charge in [0, 0.05) is 11.9 Å². The molecule has 23 heavy (non-hydrogen) atoms. The Labute approximate surface area is 132 Å². The summed E-state index contributed by atoms with van der Waals surface area (Å²) in [5.74, 6) is -0.379. The van der Waals surface area contributed by atoms with Crippen LogP contribution in [0.2, 0.25) is 0 Å². The number of halogens is 1. The topological polar surface area (TPSA) is 95.5 Å². The van der Waals surface area contributed by atoms with Crippen LogP contribution < -0.4 is 10.6 Å². The summed E-state index contributed by atoms with van der Waals surface area (Å²) in [5.41, 5.74) is 0.928. The van der Waals surface area contributed by atoms with Crippen molar-refractivity contribution in [3.8, 4) is 0 Å². The summed E-state index contributed by atoms with van der Waals surface area (Å²) in [5, 5.41) is 4.89. The smallest absolute Gasteiger partial charge is 0.314 e. The van der Waals surface area contributed by atoms with Crippen LogP contribution in [0.25, 0.3) is 6.08 Å². The zero-order chi connectivity index (χ0) is 16.9. The Kier molecular flexibility index (Phi) is 5.09. The van der Waals surface area contributed by atoms with Crippen molar-refractivity contribution in [3.63, 3.8) is 0 Å². The van der Waals surface area contributed by atoms with Crippen LogP contribution in [0.1, 0.15) is 5.56 Å². The van der Waals surface area contributed by atoms with Gasteiger partial charge in [0.05, 0.1) is 4.90 Å². The fourth-order valence-corrected chi connectivity index (χ4v) is 2.18. The predicted octanol–water partition coefficient (Wildman–Crippen LogP) is 2.86. The molecule has 0 radical (unpaired) electrons. The maximum Gasteiger partial charge on any atom is 0.323 e. The number of rotatable bonds is 4. The molecule has 120 valence electrons. The van der Waals surface area contributed by atoms with E-state index in [0.29, 0.717) is 11.3 Å². The molecule has 2 aromatic rings. The van der Waals surface area contributed by atoms with Gasteiger partial charge in [-0.25, -0.2) is 9.18 Å². The van der Waals surface area contributed by atoms with Gasteiger partial charge >= 0.3 is 6.03 Å². The van der Waals surface area contributed by atoms with Gasteiger partial charge in [0.1, 0.15) is 5.82 Å². The molecule has 2 amide bonds. The van der Waals surface area contributed by atoms with E-state index in [1.54, 1.807) is 12.1 Å². The van der Waals surface area contributed by atoms with Gasteiger partial charge in [0.2, 0.25) is 0 Å². The molecule has 0 saturated heterocycles. The Bertz CT molecular complexity index is 833. The number of nitrogens with one attached hydrogen (secondary N) is 2. The van der Waals surface area contributed by atoms with Crippen molar-refractivity contribution in [2.24, 2.45) is 0 Å². The number of hydrogen-bond donors (Lipinski definition) is 3. The van der Waals surface area contributed by atoms with Crippen molar-refractivity contribution in [2.75, 3.05) is 5.32 Å². The number of amides is 2. The summed E-state index contributed by atoms with van der Waals surface area (Å²) in [7, 11) is -4.27. The molecule has 2 aromatic carbocycles. The highest BCUT2D eigenvalue weighted by Crippen LogP contribution is 2.13. The van der Waals surface area contributed by atoms with Crippen LogP contribution in [-0.2, 0) is 10.1 Å². The number of anilines is 1. The maximum absolute atomic E-state index is 13.0. The molecule has 0 unspecified atom stereocenters. The Morgan fingerprint density at radius 3 is 2.43 bits per heavy atom. The first kappa shape index (κ1) is 16.7. The lowest BCUT2D eigenvalue weighted by molar-refractivity contribution is 0.255. The highest BCUT2D eigenvalue weighted by Gasteiger charge is 2.08. The molecule has 0 spiro atoms. The first-order chi connectivity index (χ1) is 10.8. The standard InChI is InChI=1S/C15H13FN2O4S/c16-12-3-1-2-11(10-12)8-9-17-15(19)18-13-4-6-14(7-5-13)23(20,21)22/h1-10H,(H2,17,18,19)(H,20,21,22)/b9-8+. The van der Waals surface area contributed by atoms with Crippen molar-refractivity contribution in [1.82, 2.24) is 5.32 Å². The average Bonchev–Trinajstić information content (AvgIpc) is 2.47. The van der Waals surface area contributed by atoms with Crippen molar-refractivity contribution in [2.45, 2.75) is 4.90 Å². The van der Waals surface area contributed by atoms with Gasteiger partial charge in [-0.2, -0.15) is 8.42 Å². The fraction of sp³-hybridized carbons (Fsp3) is 0. The highest BCUT2D eigenvalue weighted by atomic mass is 32.2. The molecule has 0 aromatic heterocycles. The van der Waals surface area contributed by atoms with Crippen molar-refractivity contribution in [3.05, 3.63) is 66.1 Å². The van der Waals surface area contributed by atoms with Gasteiger partial charge < -0.3 is 10.6 Å². The first-order valence-corrected chi connectivity index (χ1v) is 7.86. The zero-order valence-electron chi connectivity index (χ0n) is 11.7. The second-order valence-corrected chi connectivity index (χ2v) is 5.91. The van der Waals surface area contributed by atoms with Crippen LogP contribution in [0, 0.1) is 5.82 Å². The molecular formula is C15H13FN2O4S. The Morgan fingerprint density at radius 2 is 1.83 bits per heavy atom. The van der Waals surface area contributed by atoms with E-state index in [9.17, 15) is 17.6 Å². The lowest BCUT2D eigenvalue weighted by Gasteiger charge is -2.05. The molecule has 0 bridgehead atoms. The first-order valence-electron chi connectivity index (χ1n) is 6.42. The number of urea groups is 1. The van der Waals surface area contributed by atoms with Gasteiger partial charge in [-0.15, -0.1) is 0 Å². The second-order valence-electron chi connectivity index (χ2n) is 4.49. The highest BCUT2D eigenvalue weighted by molar-refractivity contribution is 7.85. The van der Waals surface area contributed by atoms with Crippen LogP contribution in [0.5, 0.6) is 0 Å². The number of hydrogen-bond acceptors (Lipinski definition) is 3. The number of benzene rings is 2. The monoisotopic (exact) mass is 336 g/mol. The fourth-order valence-electron chi connectivity index (χ4n) is 1.70. The third-order valence-electron chi connectivity index (χ3n) is 2.75. The molecule has 0 aliphatic carbocycles. The predicted molar refractivity (Wildman–Crippen MR) is 83.8 cm³/mol. The van der Waals surface area contributed by atoms with Crippen LogP contribution in [0.4, 0.5) is 14.9 Å². The summed E-state index contributed by atoms with van der Waals surface area (Å²) >= 11 is 0. The molecule has 0 saturated carbocycles. The summed E-state index contributed by atoms with van der Waals surface area (Å²) < 4.78 is 43.6. The van der Waals surface area contributed by atoms with Gasteiger partial charge in [-0.05, 0) is 48.0 Å². The van der Waals surface area contributed by atoms with Crippen LogP contribution in [-0.4, -0.2) is 19.0 Å². The van der Waals surface area contributed by atoms with E-state index < -0.39 is 16.1 Å². The van der Waals surface area contributed by atoms with E-state index in [4.69, 9.17) is 4.55 Å². The molecule has 0 atom stereocenters. The molecule has 0 fully saturated rings. The summed E-state index contributed by atoms with van der Waals surface area (Å²) in [6.45, 7) is 0. The van der Waals surface area contributed by atoms with E-state index in [2.05, 4.69) is 10.6 Å². The Morgan fingerprint density at radius 1 is 1.13 bits per heavy atom. The lowest BCUT2D eigenvalue weighted by atomic mass is 10.2. The normalized spacial score (nSPS) is 11.4. The quantitative estimate of drug-likeness (QED) is 0.748. The van der Waals surface area contributed by atoms with Crippen LogP contribution in [0.3, 0.4) is 0 Å². The summed E-state index contributed by atoms with van der Waals surface area (Å²) in [6.07, 6.45) is 2.86. The lowest BCUT2D eigenvalue weighted by Crippen LogP contribution is -2.23. The second kappa shape index (κ2) is 7.03. The Hall–Kier alpha value is -2.71. The molecule has 2 rings (SSSR count). The SMILES string of the molecule is O=C(N/C=C/c1cccc(F)c1)Nc1ccc(S(=O)(=O)O)cc1.